The molecule has 3 rings (SSSR count). The molecule has 4 atom stereocenters. The maximum atomic E-state index is 11.6. The molecule has 1 heterocycles. The first-order chi connectivity index (χ1) is 10.8. The molecule has 23 heavy (non-hydrogen) atoms. The molecule has 0 aromatic heterocycles. The van der Waals surface area contributed by atoms with Crippen LogP contribution in [0.25, 0.3) is 0 Å². The Bertz CT molecular complexity index is 584. The minimum absolute atomic E-state index is 0.00390. The zero-order valence-corrected chi connectivity index (χ0v) is 14.5. The Labute approximate surface area is 139 Å². The largest absolute Gasteiger partial charge is 0.458 e. The van der Waals surface area contributed by atoms with Crippen molar-refractivity contribution in [1.82, 2.24) is 0 Å². The van der Waals surface area contributed by atoms with E-state index in [1.54, 1.807) is 0 Å². The van der Waals surface area contributed by atoms with Gasteiger partial charge in [0.2, 0.25) is 0 Å². The van der Waals surface area contributed by atoms with E-state index in [1.807, 2.05) is 12.2 Å². The zero-order valence-electron chi connectivity index (χ0n) is 14.5. The van der Waals surface area contributed by atoms with E-state index in [2.05, 4.69) is 33.4 Å². The second-order valence-electron chi connectivity index (χ2n) is 8.35. The average molecular weight is 316 g/mol. The number of esters is 1. The minimum atomic E-state index is -0.317. The van der Waals surface area contributed by atoms with Crippen LogP contribution in [0.15, 0.2) is 36.0 Å². The van der Waals surface area contributed by atoms with Gasteiger partial charge >= 0.3 is 5.97 Å². The summed E-state index contributed by atoms with van der Waals surface area (Å²) >= 11 is 0. The third-order valence-electron chi connectivity index (χ3n) is 6.32. The Morgan fingerprint density at radius 3 is 2.74 bits per heavy atom. The molecule has 0 bridgehead atoms. The fourth-order valence-electron chi connectivity index (χ4n) is 5.48. The van der Waals surface area contributed by atoms with Crippen LogP contribution in [-0.4, -0.2) is 23.8 Å². The second kappa shape index (κ2) is 5.62. The molecular formula is C20H28O3. The maximum Gasteiger partial charge on any atom is 0.338 e. The van der Waals surface area contributed by atoms with Crippen molar-refractivity contribution in [2.45, 2.75) is 52.6 Å². The summed E-state index contributed by atoms with van der Waals surface area (Å²) in [7, 11) is 0. The van der Waals surface area contributed by atoms with Gasteiger partial charge in [0, 0.05) is 5.92 Å². The maximum absolute atomic E-state index is 11.6. The number of hydrogen-bond donors (Lipinski definition) is 1. The van der Waals surface area contributed by atoms with Gasteiger partial charge in [-0.15, -0.1) is 0 Å². The van der Waals surface area contributed by atoms with Crippen LogP contribution >= 0.6 is 0 Å². The normalized spacial score (nSPS) is 40.0. The quantitative estimate of drug-likeness (QED) is 0.623. The van der Waals surface area contributed by atoms with E-state index in [9.17, 15) is 9.90 Å². The summed E-state index contributed by atoms with van der Waals surface area (Å²) in [5.74, 6) is 0.214. The van der Waals surface area contributed by atoms with Crippen LogP contribution in [0.1, 0.15) is 46.5 Å². The summed E-state index contributed by atoms with van der Waals surface area (Å²) in [5.41, 5.74) is 1.84. The van der Waals surface area contributed by atoms with E-state index >= 15 is 0 Å². The van der Waals surface area contributed by atoms with Crippen molar-refractivity contribution in [1.29, 1.82) is 0 Å². The lowest BCUT2D eigenvalue weighted by Gasteiger charge is -2.59. The van der Waals surface area contributed by atoms with Crippen molar-refractivity contribution in [3.63, 3.8) is 0 Å². The van der Waals surface area contributed by atoms with E-state index < -0.39 is 0 Å². The van der Waals surface area contributed by atoms with Crippen LogP contribution in [0.5, 0.6) is 0 Å². The summed E-state index contributed by atoms with van der Waals surface area (Å²) in [6.07, 6.45) is 9.61. The molecule has 1 N–H and O–H groups in total. The SMILES string of the molecule is C=C1CC(O)C2C(C)(C)CCCC2(C)C1C=CC1=CCOC1=O. The highest BCUT2D eigenvalue weighted by atomic mass is 16.5. The van der Waals surface area contributed by atoms with Crippen LogP contribution in [0.2, 0.25) is 0 Å². The van der Waals surface area contributed by atoms with Crippen LogP contribution < -0.4 is 0 Å². The number of carbonyl (C=O) groups excluding carboxylic acids is 1. The van der Waals surface area contributed by atoms with Gasteiger partial charge in [-0.2, -0.15) is 0 Å². The van der Waals surface area contributed by atoms with Gasteiger partial charge in [-0.05, 0) is 42.1 Å². The topological polar surface area (TPSA) is 46.5 Å². The Balaban J connectivity index is 1.93. The number of carbonyl (C=O) groups is 1. The van der Waals surface area contributed by atoms with Crippen LogP contribution in [0.3, 0.4) is 0 Å². The van der Waals surface area contributed by atoms with Crippen molar-refractivity contribution in [3.8, 4) is 0 Å². The second-order valence-corrected chi connectivity index (χ2v) is 8.35. The third kappa shape index (κ3) is 2.69. The number of allylic oxidation sites excluding steroid dienone is 1. The van der Waals surface area contributed by atoms with Crippen molar-refractivity contribution >= 4 is 5.97 Å². The molecule has 0 spiro atoms. The van der Waals surface area contributed by atoms with Crippen LogP contribution in [-0.2, 0) is 9.53 Å². The van der Waals surface area contributed by atoms with Crippen molar-refractivity contribution in [2.24, 2.45) is 22.7 Å². The van der Waals surface area contributed by atoms with Crippen molar-refractivity contribution in [3.05, 3.63) is 36.0 Å². The molecule has 0 radical (unpaired) electrons. The third-order valence-corrected chi connectivity index (χ3v) is 6.32. The fraction of sp³-hybridized carbons (Fsp3) is 0.650. The number of rotatable bonds is 2. The fourth-order valence-corrected chi connectivity index (χ4v) is 5.48. The number of ether oxygens (including phenoxy) is 1. The first kappa shape index (κ1) is 16.5. The highest BCUT2D eigenvalue weighted by Gasteiger charge is 2.55. The molecule has 2 saturated carbocycles. The minimum Gasteiger partial charge on any atom is -0.458 e. The number of cyclic esters (lactones) is 1. The highest BCUT2D eigenvalue weighted by Crippen LogP contribution is 2.61. The predicted molar refractivity (Wildman–Crippen MR) is 90.7 cm³/mol. The van der Waals surface area contributed by atoms with Crippen LogP contribution in [0.4, 0.5) is 0 Å². The van der Waals surface area contributed by atoms with Gasteiger partial charge in [0.1, 0.15) is 6.61 Å². The Morgan fingerprint density at radius 2 is 2.09 bits per heavy atom. The molecule has 0 saturated heterocycles. The first-order valence-electron chi connectivity index (χ1n) is 8.67. The van der Waals surface area contributed by atoms with E-state index in [0.29, 0.717) is 18.6 Å². The molecule has 3 heteroatoms. The van der Waals surface area contributed by atoms with Gasteiger partial charge in [0.05, 0.1) is 11.7 Å². The molecule has 2 fully saturated rings. The van der Waals surface area contributed by atoms with Crippen molar-refractivity contribution in [2.75, 3.05) is 6.61 Å². The molecule has 1 aliphatic heterocycles. The van der Waals surface area contributed by atoms with E-state index in [0.717, 1.165) is 18.4 Å². The lowest BCUT2D eigenvalue weighted by atomic mass is 9.47. The Hall–Kier alpha value is -1.35. The lowest BCUT2D eigenvalue weighted by Crippen LogP contribution is -2.55. The summed E-state index contributed by atoms with van der Waals surface area (Å²) in [4.78, 5) is 11.6. The monoisotopic (exact) mass is 316 g/mol. The number of hydrogen-bond acceptors (Lipinski definition) is 3. The first-order valence-corrected chi connectivity index (χ1v) is 8.67. The van der Waals surface area contributed by atoms with Gasteiger partial charge in [0.15, 0.2) is 0 Å². The summed E-state index contributed by atoms with van der Waals surface area (Å²) in [5, 5.41) is 10.7. The van der Waals surface area contributed by atoms with Gasteiger partial charge < -0.3 is 9.84 Å². The lowest BCUT2D eigenvalue weighted by molar-refractivity contribution is -0.135. The smallest absolute Gasteiger partial charge is 0.338 e. The summed E-state index contributed by atoms with van der Waals surface area (Å²) in [6, 6.07) is 0. The van der Waals surface area contributed by atoms with E-state index in [-0.39, 0.29) is 34.7 Å². The predicted octanol–water partition coefficient (Wildman–Crippen LogP) is 3.80. The van der Waals surface area contributed by atoms with E-state index in [1.165, 1.54) is 6.42 Å². The molecule has 126 valence electrons. The molecular weight excluding hydrogens is 288 g/mol. The number of aliphatic hydroxyl groups is 1. The molecule has 2 aliphatic carbocycles. The summed E-state index contributed by atoms with van der Waals surface area (Å²) < 4.78 is 4.97. The van der Waals surface area contributed by atoms with Crippen molar-refractivity contribution < 1.29 is 14.6 Å². The zero-order chi connectivity index (χ0) is 16.8. The standard InChI is InChI=1S/C20H28O3/c1-13-12-16(21)17-19(2,3)9-5-10-20(17,4)15(13)7-6-14-8-11-23-18(14)22/h6-8,15-17,21H,1,5,9-12H2,2-4H3. The van der Waals surface area contributed by atoms with E-state index in [4.69, 9.17) is 4.74 Å². The molecule has 4 unspecified atom stereocenters. The Morgan fingerprint density at radius 1 is 1.35 bits per heavy atom. The summed E-state index contributed by atoms with van der Waals surface area (Å²) in [6.45, 7) is 11.5. The Kier molecular flexibility index (Phi) is 4.04. The molecule has 0 aromatic carbocycles. The average Bonchev–Trinajstić information content (AvgIpc) is 2.82. The van der Waals surface area contributed by atoms with Gasteiger partial charge in [-0.25, -0.2) is 4.79 Å². The van der Waals surface area contributed by atoms with Gasteiger partial charge in [-0.1, -0.05) is 51.5 Å². The highest BCUT2D eigenvalue weighted by molar-refractivity contribution is 5.93. The number of aliphatic hydroxyl groups excluding tert-OH is 1. The van der Waals surface area contributed by atoms with Gasteiger partial charge in [0.25, 0.3) is 0 Å². The molecule has 0 amide bonds. The molecule has 0 aromatic rings. The molecule has 3 aliphatic rings. The van der Waals surface area contributed by atoms with Crippen LogP contribution in [0, 0.1) is 22.7 Å². The van der Waals surface area contributed by atoms with Gasteiger partial charge in [-0.3, -0.25) is 0 Å². The molecule has 3 nitrogen and oxygen atoms in total. The number of fused-ring (bicyclic) bond motifs is 1.